The Balaban J connectivity index is 1.36. The average molecular weight is 423 g/mol. The number of rotatable bonds is 10. The molecule has 3 rings (SSSR count). The zero-order valence-corrected chi connectivity index (χ0v) is 18.5. The van der Waals surface area contributed by atoms with Crippen LogP contribution in [-0.2, 0) is 14.2 Å². The Kier molecular flexibility index (Phi) is 9.95. The molecule has 2 aliphatic rings. The average Bonchev–Trinajstić information content (AvgIpc) is 3.22. The molecule has 1 unspecified atom stereocenters. The van der Waals surface area contributed by atoms with E-state index in [0.29, 0.717) is 5.92 Å². The van der Waals surface area contributed by atoms with Crippen LogP contribution >= 0.6 is 0 Å². The summed E-state index contributed by atoms with van der Waals surface area (Å²) in [5.41, 5.74) is 0. The topological polar surface area (TPSA) is 80.5 Å². The molecule has 0 spiro atoms. The van der Waals surface area contributed by atoms with Crippen LogP contribution in [-0.4, -0.2) is 83.7 Å². The molecule has 0 bridgehead atoms. The van der Waals surface area contributed by atoms with Gasteiger partial charge in [-0.1, -0.05) is 0 Å². The van der Waals surface area contributed by atoms with Crippen molar-refractivity contribution >= 4 is 5.96 Å². The highest BCUT2D eigenvalue weighted by Gasteiger charge is 2.25. The van der Waals surface area contributed by atoms with Gasteiger partial charge in [0.25, 0.3) is 0 Å². The minimum absolute atomic E-state index is 0.156. The number of nitrogens with one attached hydrogen (secondary N) is 2. The second kappa shape index (κ2) is 12.9. The van der Waals surface area contributed by atoms with E-state index < -0.39 is 0 Å². The first kappa shape index (κ1) is 23.1. The molecule has 1 aromatic heterocycles. The first-order chi connectivity index (χ1) is 14.8. The van der Waals surface area contributed by atoms with Gasteiger partial charge < -0.3 is 29.3 Å². The number of aliphatic imine (C=N–C) groups is 1. The van der Waals surface area contributed by atoms with Crippen LogP contribution in [0.25, 0.3) is 0 Å². The van der Waals surface area contributed by atoms with E-state index in [-0.39, 0.29) is 6.04 Å². The molecular weight excluding hydrogens is 384 g/mol. The third kappa shape index (κ3) is 7.58. The van der Waals surface area contributed by atoms with Crippen molar-refractivity contribution in [1.29, 1.82) is 0 Å². The summed E-state index contributed by atoms with van der Waals surface area (Å²) in [5.74, 6) is 3.38. The first-order valence-corrected chi connectivity index (χ1v) is 11.2. The molecule has 3 heterocycles. The van der Waals surface area contributed by atoms with Gasteiger partial charge in [0.1, 0.15) is 11.5 Å². The van der Waals surface area contributed by atoms with Crippen molar-refractivity contribution in [3.63, 3.8) is 0 Å². The number of aryl methyl sites for hydroxylation is 1. The van der Waals surface area contributed by atoms with E-state index in [1.807, 2.05) is 13.0 Å². The minimum atomic E-state index is 0.156. The van der Waals surface area contributed by atoms with Crippen LogP contribution in [0.4, 0.5) is 0 Å². The van der Waals surface area contributed by atoms with E-state index in [4.69, 9.17) is 18.6 Å². The van der Waals surface area contributed by atoms with Gasteiger partial charge in [-0.15, -0.1) is 0 Å². The predicted molar refractivity (Wildman–Crippen MR) is 117 cm³/mol. The Morgan fingerprint density at radius 3 is 2.63 bits per heavy atom. The van der Waals surface area contributed by atoms with Crippen LogP contribution in [0.2, 0.25) is 0 Å². The fourth-order valence-electron chi connectivity index (χ4n) is 3.89. The lowest BCUT2D eigenvalue weighted by molar-refractivity contribution is 0.0124. The molecule has 0 saturated carbocycles. The van der Waals surface area contributed by atoms with Gasteiger partial charge in [-0.3, -0.25) is 9.89 Å². The Hall–Kier alpha value is -1.61. The molecule has 0 aromatic carbocycles. The molecule has 1 aromatic rings. The molecular formula is C22H38N4O4. The van der Waals surface area contributed by atoms with Crippen LogP contribution in [0.5, 0.6) is 0 Å². The summed E-state index contributed by atoms with van der Waals surface area (Å²) in [6.45, 7) is 10.2. The van der Waals surface area contributed by atoms with Crippen LogP contribution in [0, 0.1) is 12.8 Å². The summed E-state index contributed by atoms with van der Waals surface area (Å²) in [5, 5.41) is 6.85. The van der Waals surface area contributed by atoms with Crippen molar-refractivity contribution < 1.29 is 18.6 Å². The summed E-state index contributed by atoms with van der Waals surface area (Å²) in [6.07, 6.45) is 3.19. The molecule has 0 radical (unpaired) electrons. The minimum Gasteiger partial charge on any atom is -0.465 e. The van der Waals surface area contributed by atoms with Gasteiger partial charge in [0.05, 0.1) is 19.3 Å². The second-order valence-corrected chi connectivity index (χ2v) is 7.98. The fourth-order valence-corrected chi connectivity index (χ4v) is 3.89. The lowest BCUT2D eigenvalue weighted by atomic mass is 10.0. The maximum Gasteiger partial charge on any atom is 0.191 e. The van der Waals surface area contributed by atoms with Gasteiger partial charge in [-0.05, 0) is 44.2 Å². The van der Waals surface area contributed by atoms with Crippen molar-refractivity contribution in [2.24, 2.45) is 10.9 Å². The highest BCUT2D eigenvalue weighted by Crippen LogP contribution is 2.23. The lowest BCUT2D eigenvalue weighted by Crippen LogP contribution is -2.46. The Bertz CT molecular complexity index is 624. The van der Waals surface area contributed by atoms with Crippen molar-refractivity contribution in [2.45, 2.75) is 32.2 Å². The highest BCUT2D eigenvalue weighted by atomic mass is 16.5. The van der Waals surface area contributed by atoms with Gasteiger partial charge in [0.2, 0.25) is 0 Å². The Morgan fingerprint density at radius 2 is 1.93 bits per heavy atom. The number of morpholine rings is 1. The third-order valence-corrected chi connectivity index (χ3v) is 5.71. The molecule has 2 aliphatic heterocycles. The van der Waals surface area contributed by atoms with Gasteiger partial charge in [0.15, 0.2) is 5.96 Å². The van der Waals surface area contributed by atoms with Gasteiger partial charge in [-0.2, -0.15) is 0 Å². The number of guanidine groups is 1. The molecule has 8 heteroatoms. The molecule has 30 heavy (non-hydrogen) atoms. The Labute approximate surface area is 180 Å². The molecule has 8 nitrogen and oxygen atoms in total. The van der Waals surface area contributed by atoms with Crippen molar-refractivity contribution in [1.82, 2.24) is 15.5 Å². The fraction of sp³-hybridized carbons (Fsp3) is 0.773. The van der Waals surface area contributed by atoms with Crippen LogP contribution in [0.3, 0.4) is 0 Å². The molecule has 2 saturated heterocycles. The summed E-state index contributed by atoms with van der Waals surface area (Å²) in [4.78, 5) is 6.77. The van der Waals surface area contributed by atoms with Crippen molar-refractivity contribution in [3.05, 3.63) is 23.7 Å². The van der Waals surface area contributed by atoms with Gasteiger partial charge in [0, 0.05) is 59.7 Å². The number of hydrogen-bond acceptors (Lipinski definition) is 6. The molecule has 2 fully saturated rings. The number of hydrogen-bond donors (Lipinski definition) is 2. The monoisotopic (exact) mass is 422 g/mol. The summed E-state index contributed by atoms with van der Waals surface area (Å²) in [7, 11) is 1.80. The van der Waals surface area contributed by atoms with E-state index in [0.717, 1.165) is 103 Å². The lowest BCUT2D eigenvalue weighted by Gasteiger charge is -2.33. The normalized spacial score (nSPS) is 20.3. The number of ether oxygens (including phenoxy) is 3. The quantitative estimate of drug-likeness (QED) is 0.339. The summed E-state index contributed by atoms with van der Waals surface area (Å²) >= 11 is 0. The van der Waals surface area contributed by atoms with Crippen LogP contribution < -0.4 is 10.6 Å². The predicted octanol–water partition coefficient (Wildman–Crippen LogP) is 1.96. The first-order valence-electron chi connectivity index (χ1n) is 11.2. The molecule has 1 atom stereocenters. The van der Waals surface area contributed by atoms with E-state index in [1.54, 1.807) is 7.05 Å². The van der Waals surface area contributed by atoms with Crippen LogP contribution in [0.1, 0.15) is 36.8 Å². The van der Waals surface area contributed by atoms with E-state index in [1.165, 1.54) is 0 Å². The van der Waals surface area contributed by atoms with Crippen LogP contribution in [0.15, 0.2) is 21.5 Å². The highest BCUT2D eigenvalue weighted by molar-refractivity contribution is 5.79. The van der Waals surface area contributed by atoms with Gasteiger partial charge >= 0.3 is 0 Å². The second-order valence-electron chi connectivity index (χ2n) is 7.98. The summed E-state index contributed by atoms with van der Waals surface area (Å²) < 4.78 is 22.7. The van der Waals surface area contributed by atoms with Gasteiger partial charge in [-0.25, -0.2) is 0 Å². The SMILES string of the molecule is CN=C(NCCCOCC1CCOCC1)NCC(c1ccc(C)o1)N1CCOCC1. The van der Waals surface area contributed by atoms with E-state index in [2.05, 4.69) is 26.6 Å². The smallest absolute Gasteiger partial charge is 0.191 e. The zero-order valence-electron chi connectivity index (χ0n) is 18.5. The Morgan fingerprint density at radius 1 is 1.17 bits per heavy atom. The molecule has 0 amide bonds. The molecule has 170 valence electrons. The van der Waals surface area contributed by atoms with E-state index >= 15 is 0 Å². The standard InChI is InChI=1S/C22H38N4O4/c1-18-4-5-21(30-18)20(26-9-14-28-15-10-26)16-25-22(23-2)24-8-3-11-29-17-19-6-12-27-13-7-19/h4-5,19-20H,3,6-17H2,1-2H3,(H2,23,24,25). The van der Waals surface area contributed by atoms with Crippen molar-refractivity contribution in [3.8, 4) is 0 Å². The maximum atomic E-state index is 5.93. The number of nitrogens with zero attached hydrogens (tertiary/aromatic N) is 2. The third-order valence-electron chi connectivity index (χ3n) is 5.71. The number of furan rings is 1. The maximum absolute atomic E-state index is 5.93. The summed E-state index contributed by atoms with van der Waals surface area (Å²) in [6, 6.07) is 4.25. The molecule has 0 aliphatic carbocycles. The molecule has 2 N–H and O–H groups in total. The van der Waals surface area contributed by atoms with E-state index in [9.17, 15) is 0 Å². The largest absolute Gasteiger partial charge is 0.465 e. The van der Waals surface area contributed by atoms with Crippen molar-refractivity contribution in [2.75, 3.05) is 72.9 Å². The zero-order chi connectivity index (χ0) is 21.0.